The second-order valence-corrected chi connectivity index (χ2v) is 4.37. The van der Waals surface area contributed by atoms with Gasteiger partial charge in [-0.1, -0.05) is 18.2 Å². The Labute approximate surface area is 117 Å². The summed E-state index contributed by atoms with van der Waals surface area (Å²) in [6, 6.07) is 13.6. The third-order valence-electron chi connectivity index (χ3n) is 3.03. The minimum atomic E-state index is 0.636. The third-order valence-corrected chi connectivity index (χ3v) is 3.03. The Morgan fingerprint density at radius 3 is 2.75 bits per heavy atom. The number of para-hydroxylation sites is 1. The van der Waals surface area contributed by atoms with Gasteiger partial charge in [-0.25, -0.2) is 9.67 Å². The van der Waals surface area contributed by atoms with E-state index in [4.69, 9.17) is 5.73 Å². The summed E-state index contributed by atoms with van der Waals surface area (Å²) in [5.41, 5.74) is 8.68. The van der Waals surface area contributed by atoms with Gasteiger partial charge in [0.1, 0.15) is 5.82 Å². The van der Waals surface area contributed by atoms with E-state index >= 15 is 0 Å². The van der Waals surface area contributed by atoms with Crippen LogP contribution in [0.5, 0.6) is 0 Å². The van der Waals surface area contributed by atoms with Crippen LogP contribution in [0.25, 0.3) is 5.69 Å². The van der Waals surface area contributed by atoms with Gasteiger partial charge in [0.05, 0.1) is 11.4 Å². The van der Waals surface area contributed by atoms with E-state index in [1.807, 2.05) is 47.3 Å². The Balaban J connectivity index is 1.84. The molecule has 0 unspecified atom stereocenters. The molecule has 3 N–H and O–H groups in total. The number of nitrogens with two attached hydrogens (primary N) is 1. The Kier molecular flexibility index (Phi) is 3.33. The smallest absolute Gasteiger partial charge is 0.149 e. The van der Waals surface area contributed by atoms with Crippen LogP contribution in [0.2, 0.25) is 0 Å². The first-order valence-corrected chi connectivity index (χ1v) is 6.37. The Morgan fingerprint density at radius 2 is 1.95 bits per heavy atom. The predicted octanol–water partition coefficient (Wildman–Crippen LogP) is 2.46. The normalized spacial score (nSPS) is 10.4. The second-order valence-electron chi connectivity index (χ2n) is 4.37. The van der Waals surface area contributed by atoms with E-state index in [0.29, 0.717) is 18.1 Å². The SMILES string of the molecule is Nc1cccnc1NCc1ccccc1-n1cccn1. The molecular formula is C15H15N5. The van der Waals surface area contributed by atoms with Crippen molar-refractivity contribution in [2.24, 2.45) is 0 Å². The fourth-order valence-corrected chi connectivity index (χ4v) is 2.04. The minimum absolute atomic E-state index is 0.636. The van der Waals surface area contributed by atoms with Gasteiger partial charge >= 0.3 is 0 Å². The molecule has 0 aliphatic rings. The zero-order chi connectivity index (χ0) is 13.8. The molecule has 0 aliphatic carbocycles. The Hall–Kier alpha value is -2.82. The first-order valence-electron chi connectivity index (χ1n) is 6.37. The molecule has 3 rings (SSSR count). The molecule has 5 nitrogen and oxygen atoms in total. The van der Waals surface area contributed by atoms with Crippen molar-refractivity contribution in [3.05, 3.63) is 66.6 Å². The fourth-order valence-electron chi connectivity index (χ4n) is 2.04. The number of benzene rings is 1. The van der Waals surface area contributed by atoms with Gasteiger partial charge in [-0.3, -0.25) is 0 Å². The van der Waals surface area contributed by atoms with Crippen molar-refractivity contribution >= 4 is 11.5 Å². The van der Waals surface area contributed by atoms with Crippen molar-refractivity contribution in [1.82, 2.24) is 14.8 Å². The quantitative estimate of drug-likeness (QED) is 0.760. The van der Waals surface area contributed by atoms with Crippen LogP contribution in [0.4, 0.5) is 11.5 Å². The number of hydrogen-bond acceptors (Lipinski definition) is 4. The van der Waals surface area contributed by atoms with Gasteiger partial charge in [0.2, 0.25) is 0 Å². The number of hydrogen-bond donors (Lipinski definition) is 2. The molecule has 1 aromatic carbocycles. The highest BCUT2D eigenvalue weighted by atomic mass is 15.3. The van der Waals surface area contributed by atoms with E-state index in [2.05, 4.69) is 21.5 Å². The molecule has 0 spiro atoms. The molecular weight excluding hydrogens is 250 g/mol. The van der Waals surface area contributed by atoms with Crippen LogP contribution in [-0.4, -0.2) is 14.8 Å². The largest absolute Gasteiger partial charge is 0.396 e. The molecule has 0 saturated heterocycles. The lowest BCUT2D eigenvalue weighted by molar-refractivity contribution is 0.863. The Bertz CT molecular complexity index is 691. The van der Waals surface area contributed by atoms with Gasteiger partial charge in [-0.2, -0.15) is 5.10 Å². The number of nitrogens with one attached hydrogen (secondary N) is 1. The summed E-state index contributed by atoms with van der Waals surface area (Å²) < 4.78 is 1.85. The van der Waals surface area contributed by atoms with Crippen LogP contribution >= 0.6 is 0 Å². The van der Waals surface area contributed by atoms with Gasteiger partial charge in [-0.05, 0) is 29.8 Å². The zero-order valence-corrected chi connectivity index (χ0v) is 10.9. The number of rotatable bonds is 4. The summed E-state index contributed by atoms with van der Waals surface area (Å²) in [6.07, 6.45) is 5.41. The van der Waals surface area contributed by atoms with Gasteiger partial charge in [0.25, 0.3) is 0 Å². The molecule has 0 radical (unpaired) electrons. The van der Waals surface area contributed by atoms with E-state index in [0.717, 1.165) is 11.3 Å². The maximum absolute atomic E-state index is 5.87. The van der Waals surface area contributed by atoms with Crippen molar-refractivity contribution in [2.45, 2.75) is 6.54 Å². The summed E-state index contributed by atoms with van der Waals surface area (Å²) >= 11 is 0. The minimum Gasteiger partial charge on any atom is -0.396 e. The first kappa shape index (κ1) is 12.2. The molecule has 0 atom stereocenters. The molecule has 20 heavy (non-hydrogen) atoms. The van der Waals surface area contributed by atoms with Crippen LogP contribution in [0.3, 0.4) is 0 Å². The first-order chi connectivity index (χ1) is 9.84. The average molecular weight is 265 g/mol. The van der Waals surface area contributed by atoms with Crippen molar-refractivity contribution in [1.29, 1.82) is 0 Å². The number of nitrogens with zero attached hydrogens (tertiary/aromatic N) is 3. The lowest BCUT2D eigenvalue weighted by Gasteiger charge is -2.12. The third kappa shape index (κ3) is 2.47. The predicted molar refractivity (Wildman–Crippen MR) is 79.5 cm³/mol. The van der Waals surface area contributed by atoms with Crippen molar-refractivity contribution in [2.75, 3.05) is 11.1 Å². The highest BCUT2D eigenvalue weighted by molar-refractivity contribution is 5.60. The van der Waals surface area contributed by atoms with Crippen molar-refractivity contribution in [3.8, 4) is 5.69 Å². The van der Waals surface area contributed by atoms with Crippen LogP contribution < -0.4 is 11.1 Å². The van der Waals surface area contributed by atoms with E-state index < -0.39 is 0 Å². The van der Waals surface area contributed by atoms with Crippen LogP contribution in [0, 0.1) is 0 Å². The molecule has 0 bridgehead atoms. The zero-order valence-electron chi connectivity index (χ0n) is 10.9. The molecule has 0 saturated carbocycles. The standard InChI is InChI=1S/C15H15N5/c16-13-6-3-8-17-15(13)18-11-12-5-1-2-7-14(12)20-10-4-9-19-20/h1-10H,11,16H2,(H,17,18). The van der Waals surface area contributed by atoms with Crippen LogP contribution in [-0.2, 0) is 6.54 Å². The van der Waals surface area contributed by atoms with Gasteiger partial charge in [0, 0.05) is 25.1 Å². The molecule has 2 aromatic heterocycles. The van der Waals surface area contributed by atoms with Crippen LogP contribution in [0.15, 0.2) is 61.1 Å². The van der Waals surface area contributed by atoms with E-state index in [-0.39, 0.29) is 0 Å². The van der Waals surface area contributed by atoms with E-state index in [9.17, 15) is 0 Å². The summed E-state index contributed by atoms with van der Waals surface area (Å²) in [5, 5.41) is 7.52. The number of nitrogen functional groups attached to an aromatic ring is 1. The highest BCUT2D eigenvalue weighted by Crippen LogP contribution is 2.18. The number of pyridine rings is 1. The summed E-state index contributed by atoms with van der Waals surface area (Å²) in [7, 11) is 0. The summed E-state index contributed by atoms with van der Waals surface area (Å²) in [6.45, 7) is 0.636. The average Bonchev–Trinajstić information content (AvgIpc) is 3.01. The van der Waals surface area contributed by atoms with Crippen molar-refractivity contribution < 1.29 is 0 Å². The molecule has 5 heteroatoms. The summed E-state index contributed by atoms with van der Waals surface area (Å²) in [5.74, 6) is 0.697. The highest BCUT2D eigenvalue weighted by Gasteiger charge is 2.05. The van der Waals surface area contributed by atoms with Gasteiger partial charge in [0.15, 0.2) is 0 Å². The second kappa shape index (κ2) is 5.44. The van der Waals surface area contributed by atoms with E-state index in [1.54, 1.807) is 12.4 Å². The van der Waals surface area contributed by atoms with E-state index in [1.165, 1.54) is 0 Å². The number of aromatic nitrogens is 3. The monoisotopic (exact) mass is 265 g/mol. The van der Waals surface area contributed by atoms with Gasteiger partial charge in [-0.15, -0.1) is 0 Å². The lowest BCUT2D eigenvalue weighted by Crippen LogP contribution is -2.07. The number of anilines is 2. The topological polar surface area (TPSA) is 68.8 Å². The molecule has 100 valence electrons. The van der Waals surface area contributed by atoms with Crippen molar-refractivity contribution in [3.63, 3.8) is 0 Å². The molecule has 3 aromatic rings. The maximum atomic E-state index is 5.87. The molecule has 0 amide bonds. The van der Waals surface area contributed by atoms with Gasteiger partial charge < -0.3 is 11.1 Å². The molecule has 2 heterocycles. The molecule has 0 aliphatic heterocycles. The lowest BCUT2D eigenvalue weighted by atomic mass is 10.2. The summed E-state index contributed by atoms with van der Waals surface area (Å²) in [4.78, 5) is 4.23. The maximum Gasteiger partial charge on any atom is 0.149 e. The Morgan fingerprint density at radius 1 is 1.05 bits per heavy atom. The fraction of sp³-hybridized carbons (Fsp3) is 0.0667. The van der Waals surface area contributed by atoms with Crippen LogP contribution in [0.1, 0.15) is 5.56 Å². The molecule has 0 fully saturated rings.